The third-order valence-corrected chi connectivity index (χ3v) is 4.42. The lowest BCUT2D eigenvalue weighted by molar-refractivity contribution is 0.147. The van der Waals surface area contributed by atoms with E-state index in [1.165, 1.54) is 56.1 Å². The molecule has 0 N–H and O–H groups in total. The van der Waals surface area contributed by atoms with Crippen molar-refractivity contribution in [3.8, 4) is 0 Å². The van der Waals surface area contributed by atoms with Gasteiger partial charge in [0, 0.05) is 17.6 Å². The Morgan fingerprint density at radius 1 is 1.25 bits per heavy atom. The first-order valence-electron chi connectivity index (χ1n) is 7.97. The molecule has 2 heterocycles. The largest absolute Gasteiger partial charge is 0.296 e. The first kappa shape index (κ1) is 13.6. The molecule has 2 heteroatoms. The van der Waals surface area contributed by atoms with Crippen LogP contribution in [-0.2, 0) is 0 Å². The number of hydrogen-bond donors (Lipinski definition) is 0. The summed E-state index contributed by atoms with van der Waals surface area (Å²) in [5.74, 6) is 0. The average Bonchev–Trinajstić information content (AvgIpc) is 2.53. The Morgan fingerprint density at radius 3 is 3.10 bits per heavy atom. The van der Waals surface area contributed by atoms with Gasteiger partial charge in [-0.3, -0.25) is 9.88 Å². The van der Waals surface area contributed by atoms with Crippen molar-refractivity contribution < 1.29 is 0 Å². The predicted molar refractivity (Wildman–Crippen MR) is 84.8 cm³/mol. The number of likely N-dealkylation sites (tertiary alicyclic amines) is 1. The SMILES string of the molecule is CCCCN1CCCC[C@H]1c1ccc2ncccc2c1. The van der Waals surface area contributed by atoms with Crippen LogP contribution in [0.2, 0.25) is 0 Å². The van der Waals surface area contributed by atoms with Crippen LogP contribution >= 0.6 is 0 Å². The van der Waals surface area contributed by atoms with Crippen molar-refractivity contribution in [2.75, 3.05) is 13.1 Å². The van der Waals surface area contributed by atoms with Crippen LogP contribution in [0, 0.1) is 0 Å². The maximum absolute atomic E-state index is 4.42. The Morgan fingerprint density at radius 2 is 2.20 bits per heavy atom. The van der Waals surface area contributed by atoms with Crippen molar-refractivity contribution in [2.24, 2.45) is 0 Å². The van der Waals surface area contributed by atoms with Gasteiger partial charge >= 0.3 is 0 Å². The molecule has 1 aromatic heterocycles. The number of hydrogen-bond acceptors (Lipinski definition) is 2. The summed E-state index contributed by atoms with van der Waals surface area (Å²) < 4.78 is 0. The highest BCUT2D eigenvalue weighted by molar-refractivity contribution is 5.79. The minimum atomic E-state index is 0.611. The molecule has 0 amide bonds. The van der Waals surface area contributed by atoms with Gasteiger partial charge in [-0.2, -0.15) is 0 Å². The molecule has 0 radical (unpaired) electrons. The minimum absolute atomic E-state index is 0.611. The van der Waals surface area contributed by atoms with Crippen LogP contribution in [-0.4, -0.2) is 23.0 Å². The number of aromatic nitrogens is 1. The van der Waals surface area contributed by atoms with Gasteiger partial charge in [0.25, 0.3) is 0 Å². The van der Waals surface area contributed by atoms with Crippen LogP contribution in [0.5, 0.6) is 0 Å². The molecule has 1 aliphatic heterocycles. The molecular weight excluding hydrogens is 244 g/mol. The van der Waals surface area contributed by atoms with Crippen molar-refractivity contribution >= 4 is 10.9 Å². The average molecular weight is 268 g/mol. The van der Waals surface area contributed by atoms with Crippen molar-refractivity contribution in [3.05, 3.63) is 42.1 Å². The summed E-state index contributed by atoms with van der Waals surface area (Å²) in [7, 11) is 0. The molecule has 20 heavy (non-hydrogen) atoms. The van der Waals surface area contributed by atoms with E-state index in [0.717, 1.165) is 5.52 Å². The fourth-order valence-corrected chi connectivity index (χ4v) is 3.30. The molecule has 0 aliphatic carbocycles. The molecule has 0 bridgehead atoms. The predicted octanol–water partition coefficient (Wildman–Crippen LogP) is 4.56. The Bertz CT molecular complexity index is 564. The van der Waals surface area contributed by atoms with Gasteiger partial charge < -0.3 is 0 Å². The maximum atomic E-state index is 4.42. The fraction of sp³-hybridized carbons (Fsp3) is 0.500. The van der Waals surface area contributed by atoms with Crippen molar-refractivity contribution in [1.82, 2.24) is 9.88 Å². The maximum Gasteiger partial charge on any atom is 0.0702 e. The van der Waals surface area contributed by atoms with Gasteiger partial charge in [-0.05, 0) is 56.1 Å². The van der Waals surface area contributed by atoms with E-state index in [9.17, 15) is 0 Å². The lowest BCUT2D eigenvalue weighted by atomic mass is 9.94. The summed E-state index contributed by atoms with van der Waals surface area (Å²) >= 11 is 0. The molecule has 1 atom stereocenters. The van der Waals surface area contributed by atoms with Gasteiger partial charge in [-0.25, -0.2) is 0 Å². The summed E-state index contributed by atoms with van der Waals surface area (Å²) in [6.07, 6.45) is 8.48. The number of unbranched alkanes of at least 4 members (excludes halogenated alkanes) is 1. The Kier molecular flexibility index (Phi) is 4.31. The first-order valence-corrected chi connectivity index (χ1v) is 7.97. The fourth-order valence-electron chi connectivity index (χ4n) is 3.30. The van der Waals surface area contributed by atoms with E-state index in [0.29, 0.717) is 6.04 Å². The third kappa shape index (κ3) is 2.85. The number of nitrogens with zero attached hydrogens (tertiary/aromatic N) is 2. The zero-order chi connectivity index (χ0) is 13.8. The number of pyridine rings is 1. The Hall–Kier alpha value is -1.41. The zero-order valence-electron chi connectivity index (χ0n) is 12.4. The number of rotatable bonds is 4. The highest BCUT2D eigenvalue weighted by Crippen LogP contribution is 2.32. The quantitative estimate of drug-likeness (QED) is 0.808. The van der Waals surface area contributed by atoms with Crippen LogP contribution < -0.4 is 0 Å². The van der Waals surface area contributed by atoms with Crippen molar-refractivity contribution in [2.45, 2.75) is 45.1 Å². The molecule has 3 rings (SSSR count). The zero-order valence-corrected chi connectivity index (χ0v) is 12.4. The van der Waals surface area contributed by atoms with Crippen LogP contribution in [0.1, 0.15) is 50.6 Å². The molecule has 0 unspecified atom stereocenters. The number of piperidine rings is 1. The van der Waals surface area contributed by atoms with E-state index in [4.69, 9.17) is 0 Å². The van der Waals surface area contributed by atoms with E-state index < -0.39 is 0 Å². The van der Waals surface area contributed by atoms with Gasteiger partial charge in [0.15, 0.2) is 0 Å². The van der Waals surface area contributed by atoms with Crippen LogP contribution in [0.15, 0.2) is 36.5 Å². The second-order valence-electron chi connectivity index (χ2n) is 5.86. The molecule has 0 saturated carbocycles. The van der Waals surface area contributed by atoms with Gasteiger partial charge in [0.05, 0.1) is 5.52 Å². The second kappa shape index (κ2) is 6.36. The third-order valence-electron chi connectivity index (χ3n) is 4.42. The number of fused-ring (bicyclic) bond motifs is 1. The Balaban J connectivity index is 1.86. The van der Waals surface area contributed by atoms with Gasteiger partial charge in [0.2, 0.25) is 0 Å². The van der Waals surface area contributed by atoms with E-state index in [2.05, 4.69) is 41.1 Å². The monoisotopic (exact) mass is 268 g/mol. The first-order chi connectivity index (χ1) is 9.88. The van der Waals surface area contributed by atoms with E-state index >= 15 is 0 Å². The highest BCUT2D eigenvalue weighted by Gasteiger charge is 2.23. The summed E-state index contributed by atoms with van der Waals surface area (Å²) in [4.78, 5) is 7.11. The summed E-state index contributed by atoms with van der Waals surface area (Å²) in [6.45, 7) is 4.78. The van der Waals surface area contributed by atoms with Crippen molar-refractivity contribution in [1.29, 1.82) is 0 Å². The standard InChI is InChI=1S/C18H24N2/c1-2-3-12-20-13-5-4-8-18(20)16-9-10-17-15(14-16)7-6-11-19-17/h6-7,9-11,14,18H,2-5,8,12-13H2,1H3/t18-/m0/s1. The van der Waals surface area contributed by atoms with E-state index in [1.54, 1.807) is 0 Å². The molecule has 1 saturated heterocycles. The normalized spacial score (nSPS) is 20.4. The number of benzene rings is 1. The van der Waals surface area contributed by atoms with Crippen LogP contribution in [0.4, 0.5) is 0 Å². The smallest absolute Gasteiger partial charge is 0.0702 e. The summed E-state index contributed by atoms with van der Waals surface area (Å²) in [5.41, 5.74) is 2.58. The lowest BCUT2D eigenvalue weighted by Crippen LogP contribution is -2.34. The van der Waals surface area contributed by atoms with E-state index in [1.807, 2.05) is 12.3 Å². The lowest BCUT2D eigenvalue weighted by Gasteiger charge is -2.36. The second-order valence-corrected chi connectivity index (χ2v) is 5.86. The minimum Gasteiger partial charge on any atom is -0.296 e. The molecule has 0 spiro atoms. The summed E-state index contributed by atoms with van der Waals surface area (Å²) in [6, 6.07) is 11.6. The Labute approximate surface area is 121 Å². The molecule has 1 fully saturated rings. The van der Waals surface area contributed by atoms with E-state index in [-0.39, 0.29) is 0 Å². The molecular formula is C18H24N2. The molecule has 2 nitrogen and oxygen atoms in total. The van der Waals surface area contributed by atoms with Gasteiger partial charge in [0.1, 0.15) is 0 Å². The highest BCUT2D eigenvalue weighted by atomic mass is 15.2. The topological polar surface area (TPSA) is 16.1 Å². The van der Waals surface area contributed by atoms with Gasteiger partial charge in [-0.1, -0.05) is 31.9 Å². The molecule has 1 aliphatic rings. The van der Waals surface area contributed by atoms with Crippen molar-refractivity contribution in [3.63, 3.8) is 0 Å². The summed E-state index contributed by atoms with van der Waals surface area (Å²) in [5, 5.41) is 1.27. The van der Waals surface area contributed by atoms with Gasteiger partial charge in [-0.15, -0.1) is 0 Å². The van der Waals surface area contributed by atoms with Crippen LogP contribution in [0.25, 0.3) is 10.9 Å². The molecule has 1 aromatic carbocycles. The van der Waals surface area contributed by atoms with Crippen LogP contribution in [0.3, 0.4) is 0 Å². The molecule has 106 valence electrons. The molecule has 2 aromatic rings.